The van der Waals surface area contributed by atoms with E-state index >= 15 is 0 Å². The maximum absolute atomic E-state index is 4.79. The van der Waals surface area contributed by atoms with Gasteiger partial charge in [-0.1, -0.05) is 19.3 Å². The highest BCUT2D eigenvalue weighted by atomic mass is 127. The zero-order valence-corrected chi connectivity index (χ0v) is 14.2. The van der Waals surface area contributed by atoms with Crippen molar-refractivity contribution in [3.63, 3.8) is 0 Å². The minimum Gasteiger partial charge on any atom is -0.256 e. The van der Waals surface area contributed by atoms with Gasteiger partial charge in [-0.15, -0.1) is 0 Å². The van der Waals surface area contributed by atoms with Gasteiger partial charge in [0.15, 0.2) is 0 Å². The van der Waals surface area contributed by atoms with Crippen molar-refractivity contribution in [3.05, 3.63) is 27.1 Å². The van der Waals surface area contributed by atoms with Gasteiger partial charge in [-0.05, 0) is 47.6 Å². The summed E-state index contributed by atoms with van der Waals surface area (Å²) in [6.07, 6.45) is 7.12. The third-order valence-corrected chi connectivity index (χ3v) is 7.38. The highest BCUT2D eigenvalue weighted by Gasteiger charge is 2.26. The third-order valence-electron chi connectivity index (χ3n) is 3.68. The number of hydrogen-bond acceptors (Lipinski definition) is 3. The first-order valence-corrected chi connectivity index (χ1v) is 9.87. The molecule has 0 radical (unpaired) electrons. The first-order chi connectivity index (χ1) is 8.81. The highest BCUT2D eigenvalue weighted by molar-refractivity contribution is 14.1. The van der Waals surface area contributed by atoms with E-state index in [1.807, 2.05) is 0 Å². The van der Waals surface area contributed by atoms with E-state index in [1.165, 1.54) is 47.1 Å². The molecule has 1 aromatic heterocycles. The van der Waals surface area contributed by atoms with Crippen LogP contribution in [0.4, 0.5) is 0 Å². The number of fused-ring (bicyclic) bond motifs is 3. The highest BCUT2D eigenvalue weighted by Crippen LogP contribution is 2.38. The fraction of sp³-hybridized carbons (Fsp3) is 0.643. The van der Waals surface area contributed by atoms with Crippen molar-refractivity contribution in [1.82, 2.24) is 4.98 Å². The Labute approximate surface area is 131 Å². The molecule has 4 heteroatoms. The van der Waals surface area contributed by atoms with Gasteiger partial charge < -0.3 is 0 Å². The van der Waals surface area contributed by atoms with Crippen molar-refractivity contribution in [2.24, 2.45) is 0 Å². The topological polar surface area (TPSA) is 12.9 Å². The summed E-state index contributed by atoms with van der Waals surface area (Å²) in [5.74, 6) is 2.21. The molecule has 2 atom stereocenters. The average molecular weight is 391 g/mol. The SMILES string of the molecule is Ic1cc2nc(c1)CSC1CCCCCC1SC2. The van der Waals surface area contributed by atoms with Crippen molar-refractivity contribution in [2.45, 2.75) is 54.1 Å². The van der Waals surface area contributed by atoms with E-state index in [2.05, 4.69) is 58.2 Å². The zero-order chi connectivity index (χ0) is 12.4. The Balaban J connectivity index is 1.82. The molecule has 0 spiro atoms. The van der Waals surface area contributed by atoms with Gasteiger partial charge in [-0.2, -0.15) is 23.5 Å². The number of rotatable bonds is 0. The molecule has 0 aromatic carbocycles. The van der Waals surface area contributed by atoms with Crippen molar-refractivity contribution >= 4 is 46.1 Å². The van der Waals surface area contributed by atoms with E-state index in [0.29, 0.717) is 0 Å². The van der Waals surface area contributed by atoms with Crippen molar-refractivity contribution in [2.75, 3.05) is 0 Å². The maximum atomic E-state index is 4.79. The molecule has 0 amide bonds. The zero-order valence-electron chi connectivity index (χ0n) is 10.4. The lowest BCUT2D eigenvalue weighted by atomic mass is 10.2. The molecule has 2 unspecified atom stereocenters. The largest absolute Gasteiger partial charge is 0.256 e. The second-order valence-corrected chi connectivity index (χ2v) is 8.81. The van der Waals surface area contributed by atoms with Gasteiger partial charge in [-0.3, -0.25) is 4.98 Å². The molecular weight excluding hydrogens is 373 g/mol. The molecule has 1 aliphatic heterocycles. The van der Waals surface area contributed by atoms with Crippen LogP contribution in [0.15, 0.2) is 12.1 Å². The molecule has 98 valence electrons. The molecule has 0 N–H and O–H groups in total. The lowest BCUT2D eigenvalue weighted by Gasteiger charge is -2.23. The van der Waals surface area contributed by atoms with Crippen LogP contribution in [0.25, 0.3) is 0 Å². The average Bonchev–Trinajstić information content (AvgIpc) is 2.55. The van der Waals surface area contributed by atoms with Gasteiger partial charge in [-0.25, -0.2) is 0 Å². The van der Waals surface area contributed by atoms with Crippen LogP contribution in [0.1, 0.15) is 43.5 Å². The maximum Gasteiger partial charge on any atom is 0.0516 e. The predicted molar refractivity (Wildman–Crippen MR) is 90.2 cm³/mol. The van der Waals surface area contributed by atoms with E-state index in [0.717, 1.165) is 22.0 Å². The van der Waals surface area contributed by atoms with E-state index in [9.17, 15) is 0 Å². The summed E-state index contributed by atoms with van der Waals surface area (Å²) in [6.45, 7) is 0. The molecule has 1 fully saturated rings. The molecule has 1 saturated carbocycles. The summed E-state index contributed by atoms with van der Waals surface area (Å²) >= 11 is 6.72. The van der Waals surface area contributed by atoms with Gasteiger partial charge >= 0.3 is 0 Å². The van der Waals surface area contributed by atoms with Crippen LogP contribution in [0.5, 0.6) is 0 Å². The molecule has 1 nitrogen and oxygen atoms in total. The molecule has 3 rings (SSSR count). The number of thioether (sulfide) groups is 2. The second-order valence-electron chi connectivity index (χ2n) is 5.10. The Morgan fingerprint density at radius 1 is 0.944 bits per heavy atom. The lowest BCUT2D eigenvalue weighted by molar-refractivity contribution is 0.704. The van der Waals surface area contributed by atoms with Gasteiger partial charge in [0.25, 0.3) is 0 Å². The normalized spacial score (nSPS) is 28.5. The number of nitrogens with zero attached hydrogens (tertiary/aromatic N) is 1. The summed E-state index contributed by atoms with van der Waals surface area (Å²) in [5.41, 5.74) is 2.57. The van der Waals surface area contributed by atoms with Crippen LogP contribution in [-0.4, -0.2) is 15.5 Å². The summed E-state index contributed by atoms with van der Waals surface area (Å²) in [7, 11) is 0. The molecular formula is C14H18INS2. The van der Waals surface area contributed by atoms with Crippen molar-refractivity contribution in [3.8, 4) is 0 Å². The minimum absolute atomic E-state index is 0.853. The fourth-order valence-corrected chi connectivity index (χ4v) is 6.39. The minimum atomic E-state index is 0.853. The molecule has 1 aromatic rings. The summed E-state index contributed by atoms with van der Waals surface area (Å²) in [4.78, 5) is 4.79. The number of hydrogen-bond donors (Lipinski definition) is 0. The Bertz CT molecular complexity index is 390. The van der Waals surface area contributed by atoms with E-state index in [1.54, 1.807) is 0 Å². The molecule has 2 heterocycles. The second kappa shape index (κ2) is 6.35. The van der Waals surface area contributed by atoms with Crippen LogP contribution in [0.3, 0.4) is 0 Å². The monoisotopic (exact) mass is 391 g/mol. The van der Waals surface area contributed by atoms with Crippen LogP contribution < -0.4 is 0 Å². The van der Waals surface area contributed by atoms with Crippen LogP contribution in [0, 0.1) is 3.57 Å². The first-order valence-electron chi connectivity index (χ1n) is 6.70. The summed E-state index contributed by atoms with van der Waals surface area (Å²) in [5, 5.41) is 1.71. The Morgan fingerprint density at radius 2 is 1.50 bits per heavy atom. The van der Waals surface area contributed by atoms with Crippen molar-refractivity contribution in [1.29, 1.82) is 0 Å². The molecule has 1 aliphatic carbocycles. The Kier molecular flexibility index (Phi) is 4.79. The molecule has 18 heavy (non-hydrogen) atoms. The third kappa shape index (κ3) is 3.37. The molecule has 0 saturated heterocycles. The van der Waals surface area contributed by atoms with E-state index in [4.69, 9.17) is 4.98 Å². The quantitative estimate of drug-likeness (QED) is 0.586. The molecule has 2 aliphatic rings. The van der Waals surface area contributed by atoms with Crippen LogP contribution >= 0.6 is 46.1 Å². The van der Waals surface area contributed by atoms with Gasteiger partial charge in [0, 0.05) is 25.6 Å². The Hall–Kier alpha value is 0.580. The number of halogens is 1. The first kappa shape index (κ1) is 13.6. The van der Waals surface area contributed by atoms with E-state index < -0.39 is 0 Å². The van der Waals surface area contributed by atoms with Crippen molar-refractivity contribution < 1.29 is 0 Å². The smallest absolute Gasteiger partial charge is 0.0516 e. The van der Waals surface area contributed by atoms with Gasteiger partial charge in [0.2, 0.25) is 0 Å². The predicted octanol–water partition coefficient (Wildman–Crippen LogP) is 4.87. The van der Waals surface area contributed by atoms with Gasteiger partial charge in [0.1, 0.15) is 0 Å². The number of pyridine rings is 1. The Morgan fingerprint density at radius 3 is 2.06 bits per heavy atom. The number of aromatic nitrogens is 1. The molecule has 2 bridgehead atoms. The standard InChI is InChI=1S/C14H18INS2/c15-10-6-11-8-17-13-4-2-1-3-5-14(13)18-9-12(7-10)16-11/h6-7,13-14H,1-5,8-9H2. The van der Waals surface area contributed by atoms with E-state index in [-0.39, 0.29) is 0 Å². The van der Waals surface area contributed by atoms with Crippen LogP contribution in [-0.2, 0) is 11.5 Å². The summed E-state index contributed by atoms with van der Waals surface area (Å²) in [6, 6.07) is 4.50. The summed E-state index contributed by atoms with van der Waals surface area (Å²) < 4.78 is 1.34. The van der Waals surface area contributed by atoms with Gasteiger partial charge in [0.05, 0.1) is 11.4 Å². The van der Waals surface area contributed by atoms with Crippen LogP contribution in [0.2, 0.25) is 0 Å². The lowest BCUT2D eigenvalue weighted by Crippen LogP contribution is -2.18. The fourth-order valence-electron chi connectivity index (χ4n) is 2.76.